The second kappa shape index (κ2) is 36.5. The van der Waals surface area contributed by atoms with Crippen LogP contribution in [0.5, 0.6) is 0 Å². The minimum absolute atomic E-state index is 0.211. The molecule has 0 aliphatic carbocycles. The number of carbonyl (C=O) groups is 6. The lowest BCUT2D eigenvalue weighted by atomic mass is 10.2. The largest absolute Gasteiger partial charge is 0.361 e. The number of pyridine rings is 2. The van der Waals surface area contributed by atoms with Crippen molar-refractivity contribution in [3.8, 4) is 0 Å². The van der Waals surface area contributed by atoms with Gasteiger partial charge in [0, 0.05) is 115 Å². The summed E-state index contributed by atoms with van der Waals surface area (Å²) in [5, 5.41) is 10.9. The molecule has 0 aliphatic rings. The number of carbonyl (C=O) groups excluding carboxylic acids is 6. The highest BCUT2D eigenvalue weighted by Gasteiger charge is 2.13. The molecule has 0 saturated carbocycles. The van der Waals surface area contributed by atoms with Crippen molar-refractivity contribution >= 4 is 107 Å². The monoisotopic (exact) mass is 1280 g/mol. The van der Waals surface area contributed by atoms with E-state index >= 15 is 0 Å². The minimum Gasteiger partial charge on any atom is -0.361 e. The SMILES string of the molecule is CC(=O)CCCn1c(C)nc2cncnc21.CC(=O)CCCn1cnc2c(N(C)C)ncnc21.CC(=O)CCCn1cnc2cccnc21.CC(=O)CCCn1cnc2ncccc21.CC(=O)CCCn1ncc2ccccc21.CC(=O)CCCn1ncc2ccccc21. The van der Waals surface area contributed by atoms with Crippen molar-refractivity contribution in [1.82, 2.24) is 87.7 Å². The summed E-state index contributed by atoms with van der Waals surface area (Å²) in [5.41, 5.74) is 9.13. The van der Waals surface area contributed by atoms with Gasteiger partial charge in [0.05, 0.1) is 54.1 Å². The van der Waals surface area contributed by atoms with Crippen LogP contribution in [0.1, 0.15) is 124 Å². The summed E-state index contributed by atoms with van der Waals surface area (Å²) in [7, 11) is 3.85. The topological polar surface area (TPSA) is 290 Å². The third-order valence-corrected chi connectivity index (χ3v) is 14.8. The van der Waals surface area contributed by atoms with E-state index in [2.05, 4.69) is 72.2 Å². The number of fused-ring (bicyclic) bond motifs is 6. The molecule has 0 aliphatic heterocycles. The Labute approximate surface area is 546 Å². The number of ketones is 6. The highest BCUT2D eigenvalue weighted by Crippen LogP contribution is 2.21. The molecule has 0 fully saturated rings. The number of nitrogens with zero attached hydrogens (tertiary/aromatic N) is 19. The fourth-order valence-corrected chi connectivity index (χ4v) is 10.1. The van der Waals surface area contributed by atoms with Gasteiger partial charge in [-0.25, -0.2) is 49.8 Å². The summed E-state index contributed by atoms with van der Waals surface area (Å²) in [6.07, 6.45) is 26.0. The Morgan fingerprint density at radius 2 is 0.883 bits per heavy atom. The van der Waals surface area contributed by atoms with Gasteiger partial charge in [-0.1, -0.05) is 36.4 Å². The van der Waals surface area contributed by atoms with Crippen LogP contribution in [0.4, 0.5) is 5.82 Å². The first kappa shape index (κ1) is 71.0. The molecule has 10 heterocycles. The fraction of sp³-hybridized carbons (Fsp3) is 0.391. The van der Waals surface area contributed by atoms with E-state index in [4.69, 9.17) is 0 Å². The van der Waals surface area contributed by atoms with Gasteiger partial charge in [0.1, 0.15) is 64.2 Å². The fourth-order valence-electron chi connectivity index (χ4n) is 10.1. The second-order valence-corrected chi connectivity index (χ2v) is 23.0. The maximum atomic E-state index is 10.9. The number of imidazole rings is 4. The number of anilines is 1. The predicted octanol–water partition coefficient (Wildman–Crippen LogP) is 11.2. The van der Waals surface area contributed by atoms with Crippen LogP contribution in [0.15, 0.2) is 135 Å². The number of benzene rings is 2. The molecule has 0 N–H and O–H groups in total. The first-order valence-corrected chi connectivity index (χ1v) is 31.6. The average molecular weight is 1280 g/mol. The summed E-state index contributed by atoms with van der Waals surface area (Å²) in [5.74, 6) is 3.10. The molecule has 0 atom stereocenters. The number of aryl methyl sites for hydroxylation is 7. The third kappa shape index (κ3) is 21.9. The Morgan fingerprint density at radius 3 is 1.45 bits per heavy atom. The first-order valence-electron chi connectivity index (χ1n) is 31.6. The molecule has 25 heteroatoms. The van der Waals surface area contributed by atoms with Crippen LogP contribution in [0.25, 0.3) is 66.5 Å². The van der Waals surface area contributed by atoms with Gasteiger partial charge in [0.2, 0.25) is 0 Å². The summed E-state index contributed by atoms with van der Waals surface area (Å²) < 4.78 is 11.9. The van der Waals surface area contributed by atoms with Gasteiger partial charge in [-0.05, 0) is 123 Å². The van der Waals surface area contributed by atoms with Crippen LogP contribution in [0, 0.1) is 6.92 Å². The molecule has 94 heavy (non-hydrogen) atoms. The zero-order valence-corrected chi connectivity index (χ0v) is 55.4. The van der Waals surface area contributed by atoms with E-state index in [-0.39, 0.29) is 34.7 Å². The number of hydrogen-bond donors (Lipinski definition) is 0. The van der Waals surface area contributed by atoms with E-state index in [0.29, 0.717) is 38.5 Å². The molecular weight excluding hydrogens is 1190 g/mol. The Bertz CT molecular complexity index is 4060. The standard InChI is InChI=1S/C12H17N5O.2C12H14N2O.C11H14N4O.2C11H13N3O/c1-9(18)5-4-6-17-8-15-10-11(16(2)3)13-7-14-12(10)17;2*1-10(15)5-4-8-14-12-7-3-2-6-11(12)9-13-14;1-8(16)4-3-5-15-9(2)14-10-6-12-7-13-11(10)15;1-9(15)4-3-7-14-8-13-11-10(14)5-2-6-12-11;1-9(15)4-3-7-14-8-13-10-5-2-6-12-11(10)14/h7-8H,4-6H2,1-3H3;2*2-3,6-7,9H,4-5,8H2,1H3;6-7H,3-5H2,1-2H3;2*2,5-6,8H,3-4,7H2,1H3. The third-order valence-electron chi connectivity index (χ3n) is 14.8. The van der Waals surface area contributed by atoms with E-state index in [1.54, 1.807) is 85.4 Å². The van der Waals surface area contributed by atoms with Gasteiger partial charge < -0.3 is 51.9 Å². The van der Waals surface area contributed by atoms with Gasteiger partial charge in [-0.15, -0.1) is 0 Å². The molecule has 0 saturated heterocycles. The second-order valence-electron chi connectivity index (χ2n) is 23.0. The highest BCUT2D eigenvalue weighted by molar-refractivity contribution is 5.84. The van der Waals surface area contributed by atoms with Gasteiger partial charge >= 0.3 is 0 Å². The van der Waals surface area contributed by atoms with Crippen molar-refractivity contribution in [3.63, 3.8) is 0 Å². The Hall–Kier alpha value is -10.5. The Morgan fingerprint density at radius 1 is 0.415 bits per heavy atom. The van der Waals surface area contributed by atoms with Crippen molar-refractivity contribution in [2.24, 2.45) is 0 Å². The van der Waals surface area contributed by atoms with Crippen molar-refractivity contribution in [1.29, 1.82) is 0 Å². The average Bonchev–Trinajstić information content (AvgIpc) is 1.72. The molecule has 0 spiro atoms. The lowest BCUT2D eigenvalue weighted by molar-refractivity contribution is -0.118. The maximum Gasteiger partial charge on any atom is 0.177 e. The zero-order valence-electron chi connectivity index (χ0n) is 55.4. The summed E-state index contributed by atoms with van der Waals surface area (Å²) in [6, 6.07) is 23.9. The van der Waals surface area contributed by atoms with E-state index in [1.165, 1.54) is 6.33 Å². The summed E-state index contributed by atoms with van der Waals surface area (Å²) in [6.45, 7) is 16.4. The Kier molecular flexibility index (Phi) is 27.6. The minimum atomic E-state index is 0.211. The van der Waals surface area contributed by atoms with Crippen molar-refractivity contribution < 1.29 is 28.8 Å². The van der Waals surface area contributed by atoms with Crippen LogP contribution in [0.3, 0.4) is 0 Å². The van der Waals surface area contributed by atoms with Crippen LogP contribution >= 0.6 is 0 Å². The molecule has 0 bridgehead atoms. The van der Waals surface area contributed by atoms with Crippen LogP contribution in [-0.2, 0) is 68.0 Å². The molecule has 25 nitrogen and oxygen atoms in total. The van der Waals surface area contributed by atoms with E-state index < -0.39 is 0 Å². The van der Waals surface area contributed by atoms with Gasteiger partial charge in [-0.3, -0.25) is 9.36 Å². The van der Waals surface area contributed by atoms with E-state index in [0.717, 1.165) is 156 Å². The van der Waals surface area contributed by atoms with E-state index in [1.807, 2.05) is 127 Å². The van der Waals surface area contributed by atoms with Crippen molar-refractivity contribution in [3.05, 3.63) is 141 Å². The number of hydrogen-bond acceptors (Lipinski definition) is 19. The molecule has 492 valence electrons. The van der Waals surface area contributed by atoms with Gasteiger partial charge in [0.15, 0.2) is 33.9 Å². The number of rotatable bonds is 25. The number of Topliss-reactive ketones (excluding diaryl/α,β-unsaturated/α-hetero) is 6. The molecule has 0 radical (unpaired) electrons. The molecular formula is C69H85N19O6. The lowest BCUT2D eigenvalue weighted by Crippen LogP contribution is -2.11. The van der Waals surface area contributed by atoms with Crippen molar-refractivity contribution in [2.45, 2.75) is 165 Å². The highest BCUT2D eigenvalue weighted by atomic mass is 16.1. The molecule has 10 aromatic heterocycles. The zero-order chi connectivity index (χ0) is 67.4. The quantitative estimate of drug-likeness (QED) is 0.0513. The van der Waals surface area contributed by atoms with E-state index in [9.17, 15) is 28.8 Å². The van der Waals surface area contributed by atoms with Crippen LogP contribution in [-0.4, -0.2) is 136 Å². The molecule has 12 aromatic rings. The summed E-state index contributed by atoms with van der Waals surface area (Å²) in [4.78, 5) is 109. The maximum absolute atomic E-state index is 10.9. The van der Waals surface area contributed by atoms with Crippen molar-refractivity contribution in [2.75, 3.05) is 19.0 Å². The normalized spacial score (nSPS) is 10.8. The Balaban J connectivity index is 0.000000160. The molecule has 12 rings (SSSR count). The smallest absolute Gasteiger partial charge is 0.177 e. The predicted molar refractivity (Wildman–Crippen MR) is 364 cm³/mol. The van der Waals surface area contributed by atoms with Gasteiger partial charge in [0.25, 0.3) is 0 Å². The van der Waals surface area contributed by atoms with Crippen LogP contribution < -0.4 is 4.90 Å². The number of para-hydroxylation sites is 2. The molecule has 0 amide bonds. The number of aromatic nitrogens is 18. The molecule has 2 aromatic carbocycles. The molecule has 0 unspecified atom stereocenters. The van der Waals surface area contributed by atoms with Gasteiger partial charge in [-0.2, -0.15) is 10.2 Å². The summed E-state index contributed by atoms with van der Waals surface area (Å²) >= 11 is 0. The first-order chi connectivity index (χ1) is 45.4. The van der Waals surface area contributed by atoms with Crippen LogP contribution in [0.2, 0.25) is 0 Å². The lowest BCUT2D eigenvalue weighted by Gasteiger charge is -2.10.